The molecule has 0 aliphatic carbocycles. The Balaban J connectivity index is 1.56. The van der Waals surface area contributed by atoms with Gasteiger partial charge >= 0.3 is 0 Å². The first-order valence-corrected chi connectivity index (χ1v) is 9.04. The first-order valence-electron chi connectivity index (χ1n) is 9.04. The van der Waals surface area contributed by atoms with Gasteiger partial charge in [0.05, 0.1) is 5.56 Å². The quantitative estimate of drug-likeness (QED) is 0.934. The first kappa shape index (κ1) is 16.1. The van der Waals surface area contributed by atoms with Crippen molar-refractivity contribution in [3.8, 4) is 0 Å². The Morgan fingerprint density at radius 3 is 2.56 bits per heavy atom. The van der Waals surface area contributed by atoms with E-state index >= 15 is 0 Å². The highest BCUT2D eigenvalue weighted by Crippen LogP contribution is 2.29. The molecule has 130 valence electrons. The highest BCUT2D eigenvalue weighted by Gasteiger charge is 2.35. The molecular formula is C20H24N4O. The smallest absolute Gasteiger partial charge is 0.257 e. The van der Waals surface area contributed by atoms with Crippen molar-refractivity contribution in [1.82, 2.24) is 9.88 Å². The van der Waals surface area contributed by atoms with Crippen molar-refractivity contribution >= 4 is 11.7 Å². The summed E-state index contributed by atoms with van der Waals surface area (Å²) in [6, 6.07) is 14.0. The molecule has 2 saturated heterocycles. The van der Waals surface area contributed by atoms with Gasteiger partial charge in [0.2, 0.25) is 0 Å². The van der Waals surface area contributed by atoms with Gasteiger partial charge in [-0.1, -0.05) is 30.3 Å². The third kappa shape index (κ3) is 3.12. The predicted octanol–water partition coefficient (Wildman–Crippen LogP) is 2.25. The molecule has 25 heavy (non-hydrogen) atoms. The van der Waals surface area contributed by atoms with Crippen LogP contribution in [0.5, 0.6) is 0 Å². The van der Waals surface area contributed by atoms with E-state index in [1.807, 2.05) is 35.2 Å². The number of benzene rings is 1. The molecule has 0 spiro atoms. The molecule has 4 rings (SSSR count). The fourth-order valence-electron chi connectivity index (χ4n) is 3.96. The highest BCUT2D eigenvalue weighted by molar-refractivity contribution is 5.99. The van der Waals surface area contributed by atoms with Crippen LogP contribution in [0.4, 0.5) is 5.82 Å². The number of nitrogens with two attached hydrogens (primary N) is 1. The molecule has 2 aromatic rings. The Morgan fingerprint density at radius 1 is 1.04 bits per heavy atom. The summed E-state index contributed by atoms with van der Waals surface area (Å²) >= 11 is 0. The lowest BCUT2D eigenvalue weighted by molar-refractivity contribution is 0.0789. The number of carbonyl (C=O) groups excluding carboxylic acids is 1. The van der Waals surface area contributed by atoms with E-state index in [0.29, 0.717) is 18.7 Å². The second-order valence-corrected chi connectivity index (χ2v) is 6.96. The second kappa shape index (κ2) is 6.84. The van der Waals surface area contributed by atoms with Crippen LogP contribution < -0.4 is 10.6 Å². The zero-order valence-electron chi connectivity index (χ0n) is 14.3. The number of likely N-dealkylation sites (tertiary alicyclic amines) is 1. The largest absolute Gasteiger partial charge is 0.356 e. The number of carbonyl (C=O) groups is 1. The lowest BCUT2D eigenvalue weighted by Crippen LogP contribution is -2.33. The molecule has 5 nitrogen and oxygen atoms in total. The molecular weight excluding hydrogens is 312 g/mol. The van der Waals surface area contributed by atoms with Crippen molar-refractivity contribution in [3.63, 3.8) is 0 Å². The Bertz CT molecular complexity index is 742. The van der Waals surface area contributed by atoms with E-state index in [9.17, 15) is 4.79 Å². The Labute approximate surface area is 148 Å². The molecule has 2 fully saturated rings. The molecule has 2 aliphatic rings. The molecule has 5 heteroatoms. The number of aromatic nitrogens is 1. The maximum absolute atomic E-state index is 13.2. The van der Waals surface area contributed by atoms with Crippen molar-refractivity contribution in [1.29, 1.82) is 0 Å². The standard InChI is InChI=1S/C20H24N4O/c21-18-14-24(13-17(18)15-7-2-1-3-8-15)20(25)16-9-6-10-22-19(16)23-11-4-5-12-23/h1-3,6-10,17-18H,4-5,11-14,21H2/t17-,18+/m0/s1. The summed E-state index contributed by atoms with van der Waals surface area (Å²) < 4.78 is 0. The van der Waals surface area contributed by atoms with Crippen LogP contribution in [-0.2, 0) is 0 Å². The molecule has 0 unspecified atom stereocenters. The van der Waals surface area contributed by atoms with Gasteiger partial charge in [-0.25, -0.2) is 4.98 Å². The monoisotopic (exact) mass is 336 g/mol. The van der Waals surface area contributed by atoms with Crippen LogP contribution in [0, 0.1) is 0 Å². The highest BCUT2D eigenvalue weighted by atomic mass is 16.2. The van der Waals surface area contributed by atoms with Gasteiger partial charge in [0.15, 0.2) is 0 Å². The van der Waals surface area contributed by atoms with E-state index in [4.69, 9.17) is 5.73 Å². The van der Waals surface area contributed by atoms with Crippen LogP contribution in [0.2, 0.25) is 0 Å². The molecule has 0 radical (unpaired) electrons. The number of hydrogen-bond donors (Lipinski definition) is 1. The lowest BCUT2D eigenvalue weighted by atomic mass is 9.95. The van der Waals surface area contributed by atoms with Crippen LogP contribution >= 0.6 is 0 Å². The molecule has 0 bridgehead atoms. The molecule has 2 aliphatic heterocycles. The molecule has 2 N–H and O–H groups in total. The minimum absolute atomic E-state index is 0.0294. The van der Waals surface area contributed by atoms with E-state index in [1.54, 1.807) is 6.20 Å². The van der Waals surface area contributed by atoms with Crippen molar-refractivity contribution in [2.24, 2.45) is 5.73 Å². The Hall–Kier alpha value is -2.40. The maximum Gasteiger partial charge on any atom is 0.257 e. The zero-order valence-corrected chi connectivity index (χ0v) is 14.3. The SMILES string of the molecule is N[C@@H]1CN(C(=O)c2cccnc2N2CCCC2)C[C@H]1c1ccccc1. The summed E-state index contributed by atoms with van der Waals surface area (Å²) in [6.45, 7) is 3.21. The van der Waals surface area contributed by atoms with Gasteiger partial charge in [-0.3, -0.25) is 4.79 Å². The predicted molar refractivity (Wildman–Crippen MR) is 98.7 cm³/mol. The van der Waals surface area contributed by atoms with Gasteiger partial charge < -0.3 is 15.5 Å². The molecule has 1 amide bonds. The van der Waals surface area contributed by atoms with E-state index in [1.165, 1.54) is 5.56 Å². The van der Waals surface area contributed by atoms with Crippen LogP contribution in [0.15, 0.2) is 48.7 Å². The van der Waals surface area contributed by atoms with Crippen LogP contribution in [0.3, 0.4) is 0 Å². The Kier molecular flexibility index (Phi) is 4.40. The normalized spacial score (nSPS) is 23.2. The second-order valence-electron chi connectivity index (χ2n) is 6.96. The van der Waals surface area contributed by atoms with Crippen molar-refractivity contribution in [3.05, 3.63) is 59.8 Å². The average molecular weight is 336 g/mol. The molecule has 0 saturated carbocycles. The summed E-state index contributed by atoms with van der Waals surface area (Å²) in [5.41, 5.74) is 8.26. The molecule has 3 heterocycles. The summed E-state index contributed by atoms with van der Waals surface area (Å²) in [5, 5.41) is 0. The van der Waals surface area contributed by atoms with Gasteiger partial charge in [-0.2, -0.15) is 0 Å². The van der Waals surface area contributed by atoms with E-state index in [0.717, 1.165) is 31.7 Å². The lowest BCUT2D eigenvalue weighted by Gasteiger charge is -2.22. The zero-order chi connectivity index (χ0) is 17.2. The summed E-state index contributed by atoms with van der Waals surface area (Å²) in [5.74, 6) is 1.06. The average Bonchev–Trinajstić information content (AvgIpc) is 3.32. The fraction of sp³-hybridized carbons (Fsp3) is 0.400. The summed E-state index contributed by atoms with van der Waals surface area (Å²) in [4.78, 5) is 21.8. The van der Waals surface area contributed by atoms with Crippen LogP contribution in [0.1, 0.15) is 34.7 Å². The van der Waals surface area contributed by atoms with Crippen molar-refractivity contribution < 1.29 is 4.79 Å². The van der Waals surface area contributed by atoms with E-state index < -0.39 is 0 Å². The van der Waals surface area contributed by atoms with Gasteiger partial charge in [0.1, 0.15) is 5.82 Å². The number of pyridine rings is 1. The van der Waals surface area contributed by atoms with Crippen molar-refractivity contribution in [2.45, 2.75) is 24.8 Å². The molecule has 1 aromatic carbocycles. The maximum atomic E-state index is 13.2. The number of hydrogen-bond acceptors (Lipinski definition) is 4. The van der Waals surface area contributed by atoms with Gasteiger partial charge in [-0.05, 0) is 30.5 Å². The third-order valence-corrected chi connectivity index (χ3v) is 5.30. The minimum atomic E-state index is -0.0294. The topological polar surface area (TPSA) is 62.5 Å². The molecule has 1 aromatic heterocycles. The first-order chi connectivity index (χ1) is 12.2. The summed E-state index contributed by atoms with van der Waals surface area (Å²) in [7, 11) is 0. The van der Waals surface area contributed by atoms with E-state index in [2.05, 4.69) is 22.0 Å². The minimum Gasteiger partial charge on any atom is -0.356 e. The number of amides is 1. The van der Waals surface area contributed by atoms with Gasteiger partial charge in [0.25, 0.3) is 5.91 Å². The third-order valence-electron chi connectivity index (χ3n) is 5.30. The summed E-state index contributed by atoms with van der Waals surface area (Å²) in [6.07, 6.45) is 4.09. The van der Waals surface area contributed by atoms with Crippen LogP contribution in [-0.4, -0.2) is 48.0 Å². The Morgan fingerprint density at radius 2 is 1.80 bits per heavy atom. The molecule has 2 atom stereocenters. The van der Waals surface area contributed by atoms with Gasteiger partial charge in [-0.15, -0.1) is 0 Å². The number of nitrogens with zero attached hydrogens (tertiary/aromatic N) is 3. The fourth-order valence-corrected chi connectivity index (χ4v) is 3.96. The van der Waals surface area contributed by atoms with Gasteiger partial charge in [0, 0.05) is 44.3 Å². The van der Waals surface area contributed by atoms with Crippen molar-refractivity contribution in [2.75, 3.05) is 31.1 Å². The number of rotatable bonds is 3. The number of anilines is 1. The van der Waals surface area contributed by atoms with E-state index in [-0.39, 0.29) is 17.9 Å². The van der Waals surface area contributed by atoms with Crippen LogP contribution in [0.25, 0.3) is 0 Å².